The number of para-hydroxylation sites is 1. The van der Waals surface area contributed by atoms with Gasteiger partial charge in [-0.15, -0.1) is 0 Å². The van der Waals surface area contributed by atoms with E-state index in [1.54, 1.807) is 25.3 Å². The number of aromatic nitrogens is 3. The van der Waals surface area contributed by atoms with Crippen molar-refractivity contribution in [1.29, 1.82) is 0 Å². The van der Waals surface area contributed by atoms with Crippen LogP contribution in [0.2, 0.25) is 0 Å². The van der Waals surface area contributed by atoms with Gasteiger partial charge in [-0.1, -0.05) is 12.1 Å². The Labute approximate surface area is 136 Å². The first-order chi connectivity index (χ1) is 11.4. The smallest absolute Gasteiger partial charge is 0.422 e. The summed E-state index contributed by atoms with van der Waals surface area (Å²) in [5.74, 6) is 0. The predicted octanol–water partition coefficient (Wildman–Crippen LogP) is 3.79. The van der Waals surface area contributed by atoms with Crippen LogP contribution in [0.5, 0.6) is 6.01 Å². The molecule has 124 valence electrons. The molecule has 0 aliphatic heterocycles. The second-order valence-corrected chi connectivity index (χ2v) is 5.75. The third-order valence-electron chi connectivity index (χ3n) is 3.36. The Kier molecular flexibility index (Phi) is 4.24. The van der Waals surface area contributed by atoms with Crippen molar-refractivity contribution in [2.45, 2.75) is 13.1 Å². The molecule has 0 unspecified atom stereocenters. The summed E-state index contributed by atoms with van der Waals surface area (Å²) in [6.07, 6.45) is -1.39. The molecule has 2 aromatic heterocycles. The van der Waals surface area contributed by atoms with Crippen molar-refractivity contribution in [3.05, 3.63) is 36.2 Å². The minimum absolute atomic E-state index is 0.130. The summed E-state index contributed by atoms with van der Waals surface area (Å²) in [4.78, 5) is 10.9. The fraction of sp³-hybridized carbons (Fsp3) is 0.200. The molecule has 0 aliphatic rings. The van der Waals surface area contributed by atoms with Crippen molar-refractivity contribution in [2.24, 2.45) is 0 Å². The number of rotatable bonds is 4. The van der Waals surface area contributed by atoms with Crippen LogP contribution in [-0.4, -0.2) is 27.7 Å². The van der Waals surface area contributed by atoms with Crippen LogP contribution in [0.3, 0.4) is 0 Å². The van der Waals surface area contributed by atoms with E-state index in [1.807, 2.05) is 6.07 Å². The minimum atomic E-state index is -4.46. The number of nitrogens with zero attached hydrogens (tertiary/aromatic N) is 2. The van der Waals surface area contributed by atoms with E-state index in [0.717, 1.165) is 5.39 Å². The molecule has 9 heteroatoms. The molecule has 0 saturated heterocycles. The van der Waals surface area contributed by atoms with Gasteiger partial charge in [-0.25, -0.2) is 4.98 Å². The average molecular weight is 353 g/mol. The molecule has 0 saturated carbocycles. The lowest BCUT2D eigenvalue weighted by Gasteiger charge is -2.09. The van der Waals surface area contributed by atoms with Gasteiger partial charge in [-0.2, -0.15) is 18.2 Å². The number of hydrogen-bond donors (Lipinski definition) is 1. The number of ether oxygens (including phenoxy) is 1. The highest BCUT2D eigenvalue weighted by atomic mass is 31.1. The first-order valence-corrected chi connectivity index (χ1v) is 7.67. The summed E-state index contributed by atoms with van der Waals surface area (Å²) in [5.41, 5.74) is 2.49. The standard InChI is InChI=1S/C15H11F3N3O2P/c1-8-5-20-14(23-7-15(16,17)18)21-12(8)10-6-19-13-9(10)3-2-4-11(13)24-22/h2-6,19H,7H2,1H3. The number of halogens is 3. The quantitative estimate of drug-likeness (QED) is 0.725. The molecule has 0 bridgehead atoms. The normalized spacial score (nSPS) is 12.0. The highest BCUT2D eigenvalue weighted by Gasteiger charge is 2.29. The molecule has 0 spiro atoms. The zero-order valence-corrected chi connectivity index (χ0v) is 13.3. The van der Waals surface area contributed by atoms with Crippen molar-refractivity contribution in [1.82, 2.24) is 15.0 Å². The Morgan fingerprint density at radius 1 is 1.33 bits per heavy atom. The van der Waals surface area contributed by atoms with Crippen molar-refractivity contribution >= 4 is 24.7 Å². The minimum Gasteiger partial charge on any atom is -0.454 e. The summed E-state index contributed by atoms with van der Waals surface area (Å²) in [6, 6.07) is 4.92. The van der Waals surface area contributed by atoms with Gasteiger partial charge in [0.2, 0.25) is 0 Å². The third kappa shape index (κ3) is 3.23. The zero-order chi connectivity index (χ0) is 17.3. The number of nitrogens with one attached hydrogen (secondary N) is 1. The first kappa shape index (κ1) is 16.4. The summed E-state index contributed by atoms with van der Waals surface area (Å²) >= 11 is 0. The Bertz CT molecular complexity index is 909. The van der Waals surface area contributed by atoms with E-state index in [1.165, 1.54) is 6.20 Å². The van der Waals surface area contributed by atoms with Gasteiger partial charge in [0.15, 0.2) is 15.1 Å². The first-order valence-electron chi connectivity index (χ1n) is 6.86. The summed E-state index contributed by atoms with van der Waals surface area (Å²) in [6.45, 7) is 0.292. The fourth-order valence-corrected chi connectivity index (χ4v) is 2.75. The van der Waals surface area contributed by atoms with Crippen molar-refractivity contribution in [3.63, 3.8) is 0 Å². The zero-order valence-electron chi connectivity index (χ0n) is 12.4. The van der Waals surface area contributed by atoms with E-state index < -0.39 is 12.8 Å². The summed E-state index contributed by atoms with van der Waals surface area (Å²) < 4.78 is 52.6. The average Bonchev–Trinajstić information content (AvgIpc) is 2.97. The lowest BCUT2D eigenvalue weighted by atomic mass is 10.1. The maximum Gasteiger partial charge on any atom is 0.422 e. The van der Waals surface area contributed by atoms with Crippen LogP contribution in [0.4, 0.5) is 13.2 Å². The van der Waals surface area contributed by atoms with E-state index >= 15 is 0 Å². The van der Waals surface area contributed by atoms with Gasteiger partial charge >= 0.3 is 12.2 Å². The van der Waals surface area contributed by atoms with E-state index in [-0.39, 0.29) is 14.5 Å². The maximum absolute atomic E-state index is 12.3. The van der Waals surface area contributed by atoms with Gasteiger partial charge in [-0.3, -0.25) is 4.57 Å². The van der Waals surface area contributed by atoms with Gasteiger partial charge in [0.25, 0.3) is 0 Å². The number of hydrogen-bond acceptors (Lipinski definition) is 4. The Morgan fingerprint density at radius 3 is 2.83 bits per heavy atom. The van der Waals surface area contributed by atoms with Gasteiger partial charge in [0.1, 0.15) is 0 Å². The molecule has 0 atom stereocenters. The highest BCUT2D eigenvalue weighted by molar-refractivity contribution is 7.34. The van der Waals surface area contributed by atoms with Crippen LogP contribution in [0.25, 0.3) is 22.2 Å². The van der Waals surface area contributed by atoms with Crippen LogP contribution in [0, 0.1) is 6.92 Å². The molecule has 5 nitrogen and oxygen atoms in total. The Hall–Kier alpha value is -2.47. The fourth-order valence-electron chi connectivity index (χ4n) is 2.32. The van der Waals surface area contributed by atoms with Crippen LogP contribution in [-0.2, 0) is 4.57 Å². The van der Waals surface area contributed by atoms with Crippen LogP contribution >= 0.6 is 8.46 Å². The van der Waals surface area contributed by atoms with E-state index in [0.29, 0.717) is 27.6 Å². The van der Waals surface area contributed by atoms with Crippen LogP contribution < -0.4 is 10.0 Å². The number of aryl methyl sites for hydroxylation is 1. The predicted molar refractivity (Wildman–Crippen MR) is 82.9 cm³/mol. The topological polar surface area (TPSA) is 67.9 Å². The van der Waals surface area contributed by atoms with Crippen LogP contribution in [0.1, 0.15) is 5.56 Å². The lowest BCUT2D eigenvalue weighted by Crippen LogP contribution is -2.20. The van der Waals surface area contributed by atoms with E-state index in [4.69, 9.17) is 0 Å². The van der Waals surface area contributed by atoms with Crippen molar-refractivity contribution in [2.75, 3.05) is 6.61 Å². The molecule has 3 rings (SSSR count). The lowest BCUT2D eigenvalue weighted by molar-refractivity contribution is -0.154. The summed E-state index contributed by atoms with van der Waals surface area (Å²) in [5, 5.41) is 1.35. The SMILES string of the molecule is Cc1cnc(OCC(F)(F)F)nc1-c1c[nH]c2c(P=O)cccc12. The monoisotopic (exact) mass is 353 g/mol. The van der Waals surface area contributed by atoms with E-state index in [2.05, 4.69) is 19.7 Å². The molecule has 1 N–H and O–H groups in total. The molecule has 3 aromatic rings. The van der Waals surface area contributed by atoms with E-state index in [9.17, 15) is 17.7 Å². The molecule has 0 radical (unpaired) electrons. The molecule has 1 aromatic carbocycles. The van der Waals surface area contributed by atoms with Crippen molar-refractivity contribution in [3.8, 4) is 17.3 Å². The molecular formula is C15H11F3N3O2P. The molecule has 0 aliphatic carbocycles. The highest BCUT2D eigenvalue weighted by Crippen LogP contribution is 2.30. The van der Waals surface area contributed by atoms with Crippen LogP contribution in [0.15, 0.2) is 30.6 Å². The maximum atomic E-state index is 12.3. The number of fused-ring (bicyclic) bond motifs is 1. The molecule has 24 heavy (non-hydrogen) atoms. The van der Waals surface area contributed by atoms with Gasteiger partial charge < -0.3 is 9.72 Å². The largest absolute Gasteiger partial charge is 0.454 e. The van der Waals surface area contributed by atoms with Gasteiger partial charge in [0.05, 0.1) is 16.5 Å². The molecule has 0 amide bonds. The van der Waals surface area contributed by atoms with Gasteiger partial charge in [-0.05, 0) is 18.6 Å². The third-order valence-corrected chi connectivity index (χ3v) is 3.93. The second kappa shape index (κ2) is 6.20. The second-order valence-electron chi connectivity index (χ2n) is 5.08. The Balaban J connectivity index is 2.05. The molecular weight excluding hydrogens is 342 g/mol. The number of alkyl halides is 3. The summed E-state index contributed by atoms with van der Waals surface area (Å²) in [7, 11) is -0.130. The molecule has 2 heterocycles. The number of H-pyrrole nitrogens is 1. The Morgan fingerprint density at radius 2 is 2.12 bits per heavy atom. The number of aromatic amines is 1. The number of benzene rings is 1. The van der Waals surface area contributed by atoms with Crippen molar-refractivity contribution < 1.29 is 22.5 Å². The molecule has 0 fully saturated rings. The van der Waals surface area contributed by atoms with Gasteiger partial charge in [0, 0.05) is 23.3 Å².